The summed E-state index contributed by atoms with van der Waals surface area (Å²) in [4.78, 5) is 16.4. The maximum Gasteiger partial charge on any atom is 0.328 e. The van der Waals surface area contributed by atoms with E-state index >= 15 is 0 Å². The Kier molecular flexibility index (Phi) is 4.84. The van der Waals surface area contributed by atoms with Crippen molar-refractivity contribution in [1.82, 2.24) is 18.8 Å². The van der Waals surface area contributed by atoms with Gasteiger partial charge in [0.05, 0.1) is 15.9 Å². The number of nitrogens with one attached hydrogen (secondary N) is 1. The molecule has 0 saturated carbocycles. The van der Waals surface area contributed by atoms with Gasteiger partial charge in [-0.25, -0.2) is 17.9 Å². The van der Waals surface area contributed by atoms with E-state index in [1.807, 2.05) is 24.3 Å². The summed E-state index contributed by atoms with van der Waals surface area (Å²) >= 11 is 3.36. The third-order valence-corrected chi connectivity index (χ3v) is 7.63. The summed E-state index contributed by atoms with van der Waals surface area (Å²) in [5.74, 6) is 0. The van der Waals surface area contributed by atoms with Crippen LogP contribution in [0.3, 0.4) is 0 Å². The Morgan fingerprint density at radius 1 is 1.10 bits per heavy atom. The SMILES string of the molecule is C[C@@H](NS(=O)(=O)c1cc2c(cc1Br)n(C)c(=O)n2C)c1cccc2cnccc12. The molecule has 0 fully saturated rings. The molecule has 2 heterocycles. The van der Waals surface area contributed by atoms with Crippen molar-refractivity contribution in [3.8, 4) is 0 Å². The summed E-state index contributed by atoms with van der Waals surface area (Å²) in [5.41, 5.74) is 1.84. The second kappa shape index (κ2) is 7.08. The molecule has 4 rings (SSSR count). The molecule has 2 aromatic heterocycles. The molecular weight excluding hydrogens is 456 g/mol. The smallest absolute Gasteiger partial charge is 0.295 e. The first kappa shape index (κ1) is 19.8. The predicted molar refractivity (Wildman–Crippen MR) is 116 cm³/mol. The molecule has 0 amide bonds. The van der Waals surface area contributed by atoms with Crippen molar-refractivity contribution in [2.75, 3.05) is 0 Å². The van der Waals surface area contributed by atoms with Crippen molar-refractivity contribution in [3.63, 3.8) is 0 Å². The number of rotatable bonds is 4. The fraction of sp³-hybridized carbons (Fsp3) is 0.200. The molecular formula is C20H19BrN4O3S. The van der Waals surface area contributed by atoms with Gasteiger partial charge in [0.15, 0.2) is 0 Å². The molecule has 1 N–H and O–H groups in total. The van der Waals surface area contributed by atoms with Gasteiger partial charge in [0, 0.05) is 42.4 Å². The van der Waals surface area contributed by atoms with Crippen molar-refractivity contribution >= 4 is 47.8 Å². The van der Waals surface area contributed by atoms with Crippen LogP contribution in [0.2, 0.25) is 0 Å². The van der Waals surface area contributed by atoms with Crippen LogP contribution in [0.5, 0.6) is 0 Å². The largest absolute Gasteiger partial charge is 0.328 e. The fourth-order valence-electron chi connectivity index (χ4n) is 3.59. The minimum atomic E-state index is -3.86. The predicted octanol–water partition coefficient (Wildman–Crippen LogP) is 3.23. The second-order valence-electron chi connectivity index (χ2n) is 6.96. The number of pyridine rings is 1. The number of nitrogens with zero attached hydrogens (tertiary/aromatic N) is 3. The quantitative estimate of drug-likeness (QED) is 0.491. The number of sulfonamides is 1. The normalized spacial score (nSPS) is 13.2. The first-order valence-electron chi connectivity index (χ1n) is 8.90. The molecule has 7 nitrogen and oxygen atoms in total. The maximum atomic E-state index is 13.2. The van der Waals surface area contributed by atoms with Gasteiger partial charge in [-0.1, -0.05) is 18.2 Å². The van der Waals surface area contributed by atoms with Gasteiger partial charge < -0.3 is 0 Å². The van der Waals surface area contributed by atoms with Crippen LogP contribution in [-0.4, -0.2) is 22.5 Å². The number of hydrogen-bond donors (Lipinski definition) is 1. The topological polar surface area (TPSA) is 86.0 Å². The Morgan fingerprint density at radius 2 is 1.79 bits per heavy atom. The second-order valence-corrected chi connectivity index (χ2v) is 9.50. The Balaban J connectivity index is 1.78. The number of imidazole rings is 1. The van der Waals surface area contributed by atoms with E-state index in [0.29, 0.717) is 15.5 Å². The Hall–Kier alpha value is -2.49. The summed E-state index contributed by atoms with van der Waals surface area (Å²) in [6.07, 6.45) is 3.44. The highest BCUT2D eigenvalue weighted by Crippen LogP contribution is 2.30. The van der Waals surface area contributed by atoms with Gasteiger partial charge in [0.25, 0.3) is 0 Å². The molecule has 4 aromatic rings. The van der Waals surface area contributed by atoms with Crippen LogP contribution in [0, 0.1) is 0 Å². The fourth-order valence-corrected chi connectivity index (χ4v) is 5.86. The van der Waals surface area contributed by atoms with E-state index in [4.69, 9.17) is 0 Å². The molecule has 0 unspecified atom stereocenters. The first-order valence-corrected chi connectivity index (χ1v) is 11.2. The van der Waals surface area contributed by atoms with E-state index < -0.39 is 16.1 Å². The number of aromatic nitrogens is 3. The lowest BCUT2D eigenvalue weighted by atomic mass is 10.0. The van der Waals surface area contributed by atoms with Gasteiger partial charge in [-0.3, -0.25) is 14.1 Å². The highest BCUT2D eigenvalue weighted by atomic mass is 79.9. The molecule has 9 heteroatoms. The number of hydrogen-bond acceptors (Lipinski definition) is 4. The summed E-state index contributed by atoms with van der Waals surface area (Å²) in [6.45, 7) is 1.80. The number of fused-ring (bicyclic) bond motifs is 2. The molecule has 0 bridgehead atoms. The van der Waals surface area contributed by atoms with Crippen LogP contribution in [0.4, 0.5) is 0 Å². The number of benzene rings is 2. The third-order valence-electron chi connectivity index (χ3n) is 5.13. The van der Waals surface area contributed by atoms with Crippen molar-refractivity contribution < 1.29 is 8.42 Å². The van der Waals surface area contributed by atoms with Gasteiger partial charge in [0.1, 0.15) is 0 Å². The number of aryl methyl sites for hydroxylation is 2. The molecule has 2 aromatic carbocycles. The highest BCUT2D eigenvalue weighted by molar-refractivity contribution is 9.10. The van der Waals surface area contributed by atoms with Gasteiger partial charge >= 0.3 is 5.69 Å². The minimum Gasteiger partial charge on any atom is -0.295 e. The van der Waals surface area contributed by atoms with Gasteiger partial charge in [-0.15, -0.1) is 0 Å². The van der Waals surface area contributed by atoms with E-state index in [1.165, 1.54) is 15.2 Å². The summed E-state index contributed by atoms with van der Waals surface area (Å²) in [5, 5.41) is 1.88. The van der Waals surface area contributed by atoms with Crippen LogP contribution in [-0.2, 0) is 24.1 Å². The molecule has 0 aliphatic carbocycles. The van der Waals surface area contributed by atoms with Crippen LogP contribution >= 0.6 is 15.9 Å². The standard InChI is InChI=1S/C20H19BrN4O3S/c1-12(14-6-4-5-13-11-22-8-7-15(13)14)23-29(27,28)19-10-18-17(9-16(19)21)24(2)20(26)25(18)3/h4-12,23H,1-3H3/t12-/m1/s1. The highest BCUT2D eigenvalue weighted by Gasteiger charge is 2.24. The molecule has 1 atom stereocenters. The zero-order chi connectivity index (χ0) is 20.9. The molecule has 0 spiro atoms. The molecule has 0 aliphatic rings. The zero-order valence-corrected chi connectivity index (χ0v) is 18.5. The Labute approximate surface area is 176 Å². The van der Waals surface area contributed by atoms with Crippen LogP contribution < -0.4 is 10.4 Å². The minimum absolute atomic E-state index is 0.0833. The van der Waals surface area contributed by atoms with Crippen molar-refractivity contribution in [3.05, 3.63) is 69.3 Å². The summed E-state index contributed by atoms with van der Waals surface area (Å²) in [7, 11) is -0.582. The lowest BCUT2D eigenvalue weighted by Crippen LogP contribution is -2.27. The molecule has 0 saturated heterocycles. The van der Waals surface area contributed by atoms with Crippen LogP contribution in [0.25, 0.3) is 21.8 Å². The molecule has 0 aliphatic heterocycles. The zero-order valence-electron chi connectivity index (χ0n) is 16.0. The lowest BCUT2D eigenvalue weighted by Gasteiger charge is -2.17. The molecule has 29 heavy (non-hydrogen) atoms. The van der Waals surface area contributed by atoms with E-state index in [-0.39, 0.29) is 10.6 Å². The number of halogens is 1. The Bertz CT molecular complexity index is 1420. The van der Waals surface area contributed by atoms with Crippen molar-refractivity contribution in [2.24, 2.45) is 14.1 Å². The van der Waals surface area contributed by atoms with Gasteiger partial charge in [0.2, 0.25) is 10.0 Å². The van der Waals surface area contributed by atoms with Gasteiger partial charge in [-0.2, -0.15) is 0 Å². The molecule has 150 valence electrons. The van der Waals surface area contributed by atoms with Gasteiger partial charge in [-0.05, 0) is 52.0 Å². The lowest BCUT2D eigenvalue weighted by molar-refractivity contribution is 0.567. The Morgan fingerprint density at radius 3 is 2.52 bits per heavy atom. The monoisotopic (exact) mass is 474 g/mol. The van der Waals surface area contributed by atoms with Crippen molar-refractivity contribution in [1.29, 1.82) is 0 Å². The third kappa shape index (κ3) is 3.29. The van der Waals surface area contributed by atoms with Crippen LogP contribution in [0.15, 0.2) is 63.0 Å². The van der Waals surface area contributed by atoms with E-state index in [0.717, 1.165) is 16.3 Å². The summed E-state index contributed by atoms with van der Waals surface area (Å²) in [6, 6.07) is 10.3. The maximum absolute atomic E-state index is 13.2. The van der Waals surface area contributed by atoms with Crippen molar-refractivity contribution in [2.45, 2.75) is 17.9 Å². The van der Waals surface area contributed by atoms with E-state index in [9.17, 15) is 13.2 Å². The summed E-state index contributed by atoms with van der Waals surface area (Å²) < 4.78 is 32.4. The average Bonchev–Trinajstić information content (AvgIpc) is 2.90. The van der Waals surface area contributed by atoms with E-state index in [2.05, 4.69) is 25.6 Å². The molecule has 0 radical (unpaired) electrons. The van der Waals surface area contributed by atoms with E-state index in [1.54, 1.807) is 39.5 Å². The first-order chi connectivity index (χ1) is 13.7. The van der Waals surface area contributed by atoms with Crippen LogP contribution in [0.1, 0.15) is 18.5 Å². The average molecular weight is 475 g/mol.